The Hall–Kier alpha value is -1.35. The molecule has 0 saturated heterocycles. The predicted octanol–water partition coefficient (Wildman–Crippen LogP) is 2.57. The molecule has 69 valence electrons. The van der Waals surface area contributed by atoms with Crippen LogP contribution in [0.2, 0.25) is 0 Å². The van der Waals surface area contributed by atoms with Crippen LogP contribution in [0.25, 0.3) is 0 Å². The van der Waals surface area contributed by atoms with E-state index in [1.807, 2.05) is 18.2 Å². The van der Waals surface area contributed by atoms with Gasteiger partial charge in [0.25, 0.3) is 0 Å². The summed E-state index contributed by atoms with van der Waals surface area (Å²) >= 11 is 1.63. The Morgan fingerprint density at radius 3 is 2.50 bits per heavy atom. The Bertz CT molecular complexity index is 336. The molecule has 1 aromatic carbocycles. The van der Waals surface area contributed by atoms with Crippen molar-refractivity contribution in [2.45, 2.75) is 10.9 Å². The van der Waals surface area contributed by atoms with Gasteiger partial charge in [-0.2, -0.15) is 0 Å². The van der Waals surface area contributed by atoms with Gasteiger partial charge in [-0.3, -0.25) is 0 Å². The highest BCUT2D eigenvalue weighted by Crippen LogP contribution is 2.17. The molecule has 0 unspecified atom stereocenters. The molecule has 0 N–H and O–H groups in total. The van der Waals surface area contributed by atoms with E-state index in [9.17, 15) is 0 Å². The number of nitrogens with zero attached hydrogens (tertiary/aromatic N) is 2. The highest BCUT2D eigenvalue weighted by atomic mass is 32.2. The summed E-state index contributed by atoms with van der Waals surface area (Å²) < 4.78 is 0. The van der Waals surface area contributed by atoms with Gasteiger partial charge in [-0.1, -0.05) is 42.1 Å². The van der Waals surface area contributed by atoms with Crippen molar-refractivity contribution < 1.29 is 0 Å². The lowest BCUT2D eigenvalue weighted by atomic mass is 10.2. The molecule has 0 amide bonds. The Balaban J connectivity index is 1.96. The average Bonchev–Trinajstić information content (AvgIpc) is 2.29. The van der Waals surface area contributed by atoms with Gasteiger partial charge in [-0.25, -0.2) is 9.97 Å². The molecule has 14 heavy (non-hydrogen) atoms. The second-order valence-corrected chi connectivity index (χ2v) is 3.68. The van der Waals surface area contributed by atoms with Crippen LogP contribution in [0.4, 0.5) is 0 Å². The first-order valence-corrected chi connectivity index (χ1v) is 5.28. The Morgan fingerprint density at radius 2 is 1.79 bits per heavy atom. The SMILES string of the molecule is [c]1cnc(SCc2ccccc2)nc1. The third-order valence-electron chi connectivity index (χ3n) is 1.71. The van der Waals surface area contributed by atoms with E-state index < -0.39 is 0 Å². The topological polar surface area (TPSA) is 25.8 Å². The molecule has 3 heteroatoms. The van der Waals surface area contributed by atoms with Crippen LogP contribution >= 0.6 is 11.8 Å². The summed E-state index contributed by atoms with van der Waals surface area (Å²) in [5.41, 5.74) is 1.29. The number of hydrogen-bond acceptors (Lipinski definition) is 3. The molecule has 1 radical (unpaired) electrons. The fourth-order valence-electron chi connectivity index (χ4n) is 1.05. The van der Waals surface area contributed by atoms with Crippen molar-refractivity contribution in [1.29, 1.82) is 0 Å². The van der Waals surface area contributed by atoms with E-state index in [2.05, 4.69) is 28.2 Å². The first-order chi connectivity index (χ1) is 6.95. The molecule has 0 spiro atoms. The van der Waals surface area contributed by atoms with E-state index in [1.54, 1.807) is 24.2 Å². The largest absolute Gasteiger partial charge is 0.230 e. The smallest absolute Gasteiger partial charge is 0.187 e. The Kier molecular flexibility index (Phi) is 3.14. The molecule has 0 bridgehead atoms. The summed E-state index contributed by atoms with van der Waals surface area (Å²) in [7, 11) is 0. The summed E-state index contributed by atoms with van der Waals surface area (Å²) in [4.78, 5) is 8.18. The number of thioether (sulfide) groups is 1. The molecule has 0 aliphatic rings. The van der Waals surface area contributed by atoms with Crippen LogP contribution < -0.4 is 0 Å². The van der Waals surface area contributed by atoms with E-state index in [0.29, 0.717) is 0 Å². The summed E-state index contributed by atoms with van der Waals surface area (Å²) in [6.07, 6.45) is 3.28. The van der Waals surface area contributed by atoms with Crippen molar-refractivity contribution in [2.75, 3.05) is 0 Å². The van der Waals surface area contributed by atoms with Crippen LogP contribution in [0.1, 0.15) is 5.56 Å². The van der Waals surface area contributed by atoms with Gasteiger partial charge in [0, 0.05) is 24.2 Å². The van der Waals surface area contributed by atoms with Crippen molar-refractivity contribution in [3.05, 3.63) is 54.4 Å². The zero-order valence-electron chi connectivity index (χ0n) is 7.55. The van der Waals surface area contributed by atoms with Gasteiger partial charge >= 0.3 is 0 Å². The van der Waals surface area contributed by atoms with Crippen LogP contribution in [0.15, 0.2) is 47.9 Å². The second kappa shape index (κ2) is 4.77. The van der Waals surface area contributed by atoms with Crippen molar-refractivity contribution in [3.63, 3.8) is 0 Å². The van der Waals surface area contributed by atoms with Crippen LogP contribution in [-0.2, 0) is 5.75 Å². The lowest BCUT2D eigenvalue weighted by molar-refractivity contribution is 0.963. The zero-order chi connectivity index (χ0) is 9.64. The minimum absolute atomic E-state index is 0.799. The van der Waals surface area contributed by atoms with Crippen LogP contribution in [0.5, 0.6) is 0 Å². The molecule has 1 heterocycles. The maximum absolute atomic E-state index is 4.09. The molecule has 0 atom stereocenters. The van der Waals surface area contributed by atoms with Gasteiger partial charge in [0.2, 0.25) is 0 Å². The maximum Gasteiger partial charge on any atom is 0.187 e. The second-order valence-electron chi connectivity index (χ2n) is 2.74. The fourth-order valence-corrected chi connectivity index (χ4v) is 1.79. The minimum atomic E-state index is 0.799. The molecular formula is C11H9N2S. The van der Waals surface area contributed by atoms with Crippen LogP contribution in [-0.4, -0.2) is 9.97 Å². The minimum Gasteiger partial charge on any atom is -0.230 e. The van der Waals surface area contributed by atoms with Gasteiger partial charge in [0.05, 0.1) is 0 Å². The van der Waals surface area contributed by atoms with Crippen molar-refractivity contribution >= 4 is 11.8 Å². The van der Waals surface area contributed by atoms with Crippen molar-refractivity contribution in [3.8, 4) is 0 Å². The normalized spacial score (nSPS) is 10.0. The molecule has 1 aromatic heterocycles. The molecule has 2 nitrogen and oxygen atoms in total. The average molecular weight is 201 g/mol. The molecular weight excluding hydrogens is 192 g/mol. The number of hydrogen-bond donors (Lipinski definition) is 0. The van der Waals surface area contributed by atoms with Gasteiger partial charge in [-0.05, 0) is 5.56 Å². The number of aromatic nitrogens is 2. The molecule has 0 saturated carbocycles. The zero-order valence-corrected chi connectivity index (χ0v) is 8.37. The van der Waals surface area contributed by atoms with E-state index >= 15 is 0 Å². The standard InChI is InChI=1S/C11H9N2S/c1-2-5-10(6-3-1)9-14-11-12-7-4-8-13-11/h1-3,5-8H,9H2. The van der Waals surface area contributed by atoms with Gasteiger partial charge < -0.3 is 0 Å². The van der Waals surface area contributed by atoms with E-state index in [4.69, 9.17) is 0 Å². The number of benzene rings is 1. The third-order valence-corrected chi connectivity index (χ3v) is 2.66. The van der Waals surface area contributed by atoms with Gasteiger partial charge in [-0.15, -0.1) is 0 Å². The molecule has 0 aliphatic heterocycles. The van der Waals surface area contributed by atoms with Crippen molar-refractivity contribution in [2.24, 2.45) is 0 Å². The first kappa shape index (κ1) is 9.21. The highest BCUT2D eigenvalue weighted by molar-refractivity contribution is 7.98. The molecule has 2 rings (SSSR count). The van der Waals surface area contributed by atoms with E-state index in [-0.39, 0.29) is 0 Å². The van der Waals surface area contributed by atoms with Gasteiger partial charge in [0.15, 0.2) is 5.16 Å². The third kappa shape index (κ3) is 2.57. The lowest BCUT2D eigenvalue weighted by Gasteiger charge is -1.98. The molecule has 0 fully saturated rings. The highest BCUT2D eigenvalue weighted by Gasteiger charge is 1.96. The number of rotatable bonds is 3. The van der Waals surface area contributed by atoms with Crippen LogP contribution in [0, 0.1) is 6.07 Å². The summed E-state index contributed by atoms with van der Waals surface area (Å²) in [5, 5.41) is 0.799. The summed E-state index contributed by atoms with van der Waals surface area (Å²) in [6, 6.07) is 13.1. The molecule has 0 aliphatic carbocycles. The summed E-state index contributed by atoms with van der Waals surface area (Å²) in [6.45, 7) is 0. The fraction of sp³-hybridized carbons (Fsp3) is 0.0909. The molecule has 2 aromatic rings. The van der Waals surface area contributed by atoms with E-state index in [0.717, 1.165) is 10.9 Å². The van der Waals surface area contributed by atoms with E-state index in [1.165, 1.54) is 5.56 Å². The summed E-state index contributed by atoms with van der Waals surface area (Å²) in [5.74, 6) is 0.908. The van der Waals surface area contributed by atoms with Crippen LogP contribution in [0.3, 0.4) is 0 Å². The quantitative estimate of drug-likeness (QED) is 0.564. The Morgan fingerprint density at radius 1 is 1.07 bits per heavy atom. The monoisotopic (exact) mass is 201 g/mol. The van der Waals surface area contributed by atoms with Gasteiger partial charge in [0.1, 0.15) is 0 Å². The lowest BCUT2D eigenvalue weighted by Crippen LogP contribution is -1.85. The van der Waals surface area contributed by atoms with Crippen molar-refractivity contribution in [1.82, 2.24) is 9.97 Å². The predicted molar refractivity (Wildman–Crippen MR) is 56.9 cm³/mol. The maximum atomic E-state index is 4.09. The Labute approximate surface area is 87.4 Å². The first-order valence-electron chi connectivity index (χ1n) is 4.30.